The normalized spacial score (nSPS) is 17.8. The first kappa shape index (κ1) is 21.7. The number of hydrogen-bond acceptors (Lipinski definition) is 7. The fourth-order valence-electron chi connectivity index (χ4n) is 3.50. The number of piperazine rings is 1. The summed E-state index contributed by atoms with van der Waals surface area (Å²) in [7, 11) is 1.36. The number of carbonyl (C=O) groups excluding carboxylic acids is 2. The maximum Gasteiger partial charge on any atom is 0.328 e. The number of para-hydroxylation sites is 1. The van der Waals surface area contributed by atoms with Gasteiger partial charge in [0.25, 0.3) is 0 Å². The number of esters is 1. The Labute approximate surface area is 176 Å². The van der Waals surface area contributed by atoms with E-state index in [1.54, 1.807) is 11.3 Å². The van der Waals surface area contributed by atoms with Crippen molar-refractivity contribution in [3.63, 3.8) is 0 Å². The van der Waals surface area contributed by atoms with Crippen LogP contribution in [0.3, 0.4) is 0 Å². The molecule has 2 atom stereocenters. The van der Waals surface area contributed by atoms with Gasteiger partial charge in [0.2, 0.25) is 5.91 Å². The molecule has 1 aromatic carbocycles. The van der Waals surface area contributed by atoms with Gasteiger partial charge in [0, 0.05) is 26.2 Å². The van der Waals surface area contributed by atoms with E-state index in [0.717, 1.165) is 49.7 Å². The van der Waals surface area contributed by atoms with Gasteiger partial charge in [-0.15, -0.1) is 11.3 Å². The number of fused-ring (bicyclic) bond motifs is 1. The van der Waals surface area contributed by atoms with Crippen LogP contribution in [0.25, 0.3) is 10.2 Å². The molecule has 2 aromatic rings. The molecule has 0 aliphatic carbocycles. The summed E-state index contributed by atoms with van der Waals surface area (Å²) in [6, 6.07) is 7.63. The second kappa shape index (κ2) is 10.1. The van der Waals surface area contributed by atoms with Crippen molar-refractivity contribution in [2.45, 2.75) is 32.9 Å². The van der Waals surface area contributed by atoms with Crippen LogP contribution in [0.5, 0.6) is 0 Å². The predicted molar refractivity (Wildman–Crippen MR) is 115 cm³/mol. The third-order valence-electron chi connectivity index (χ3n) is 5.51. The van der Waals surface area contributed by atoms with Crippen molar-refractivity contribution in [2.24, 2.45) is 5.92 Å². The van der Waals surface area contributed by atoms with Crippen molar-refractivity contribution >= 4 is 33.4 Å². The smallest absolute Gasteiger partial charge is 0.328 e. The van der Waals surface area contributed by atoms with Gasteiger partial charge in [-0.3, -0.25) is 14.6 Å². The molecule has 8 heteroatoms. The Kier molecular flexibility index (Phi) is 7.57. The number of thiazole rings is 1. The van der Waals surface area contributed by atoms with Crippen LogP contribution in [-0.2, 0) is 20.9 Å². The van der Waals surface area contributed by atoms with Crippen molar-refractivity contribution < 1.29 is 14.3 Å². The van der Waals surface area contributed by atoms with Crippen LogP contribution in [0.15, 0.2) is 24.3 Å². The van der Waals surface area contributed by atoms with Crippen molar-refractivity contribution in [3.8, 4) is 0 Å². The summed E-state index contributed by atoms with van der Waals surface area (Å²) < 4.78 is 6.06. The van der Waals surface area contributed by atoms with Gasteiger partial charge in [-0.25, -0.2) is 9.78 Å². The zero-order valence-corrected chi connectivity index (χ0v) is 18.2. The number of carbonyl (C=O) groups is 2. The van der Waals surface area contributed by atoms with E-state index in [4.69, 9.17) is 9.72 Å². The average Bonchev–Trinajstić information content (AvgIpc) is 3.14. The van der Waals surface area contributed by atoms with E-state index in [1.807, 2.05) is 32.0 Å². The summed E-state index contributed by atoms with van der Waals surface area (Å²) in [5.74, 6) is -0.467. The minimum Gasteiger partial charge on any atom is -0.467 e. The Balaban J connectivity index is 1.46. The second-order valence-corrected chi connectivity index (χ2v) is 8.70. The van der Waals surface area contributed by atoms with Gasteiger partial charge in [-0.05, 0) is 18.1 Å². The molecule has 1 aliphatic rings. The molecule has 1 amide bonds. The molecule has 2 unspecified atom stereocenters. The Morgan fingerprint density at radius 2 is 1.90 bits per heavy atom. The first-order valence-electron chi connectivity index (χ1n) is 10.2. The third kappa shape index (κ3) is 5.74. The van der Waals surface area contributed by atoms with Gasteiger partial charge in [-0.2, -0.15) is 0 Å². The molecule has 0 radical (unpaired) electrons. The van der Waals surface area contributed by atoms with Gasteiger partial charge in [0.1, 0.15) is 11.0 Å². The summed E-state index contributed by atoms with van der Waals surface area (Å²) in [4.78, 5) is 33.6. The number of ether oxygens (including phenoxy) is 1. The van der Waals surface area contributed by atoms with Crippen LogP contribution in [0.2, 0.25) is 0 Å². The topological polar surface area (TPSA) is 74.8 Å². The Morgan fingerprint density at radius 1 is 1.21 bits per heavy atom. The minimum absolute atomic E-state index is 0.0389. The van der Waals surface area contributed by atoms with E-state index in [0.29, 0.717) is 6.54 Å². The van der Waals surface area contributed by atoms with Crippen molar-refractivity contribution in [1.82, 2.24) is 20.1 Å². The van der Waals surface area contributed by atoms with Crippen LogP contribution in [0, 0.1) is 5.92 Å². The first-order chi connectivity index (χ1) is 14.0. The van der Waals surface area contributed by atoms with Gasteiger partial charge in [0.15, 0.2) is 0 Å². The SMILES string of the molecule is CCC(C)C(NC(=O)CN1CCN(Cc2nc3ccccc3s2)CC1)C(=O)OC. The maximum atomic E-state index is 12.5. The van der Waals surface area contributed by atoms with E-state index in [-0.39, 0.29) is 17.8 Å². The van der Waals surface area contributed by atoms with E-state index >= 15 is 0 Å². The molecule has 3 rings (SSSR count). The number of methoxy groups -OCH3 is 1. The molecule has 1 saturated heterocycles. The Morgan fingerprint density at radius 3 is 2.55 bits per heavy atom. The van der Waals surface area contributed by atoms with E-state index in [2.05, 4.69) is 21.2 Å². The molecule has 1 aromatic heterocycles. The van der Waals surface area contributed by atoms with Crippen LogP contribution in [0.4, 0.5) is 0 Å². The van der Waals surface area contributed by atoms with Crippen molar-refractivity contribution in [2.75, 3.05) is 39.8 Å². The molecular weight excluding hydrogens is 388 g/mol. The predicted octanol–water partition coefficient (Wildman–Crippen LogP) is 2.12. The molecule has 2 heterocycles. The molecule has 7 nitrogen and oxygen atoms in total. The number of nitrogens with zero attached hydrogens (tertiary/aromatic N) is 3. The minimum atomic E-state index is -0.585. The van der Waals surface area contributed by atoms with Crippen LogP contribution < -0.4 is 5.32 Å². The summed E-state index contributed by atoms with van der Waals surface area (Å²) in [5.41, 5.74) is 1.06. The third-order valence-corrected chi connectivity index (χ3v) is 6.53. The molecule has 158 valence electrons. The molecule has 1 aliphatic heterocycles. The molecule has 29 heavy (non-hydrogen) atoms. The van der Waals surface area contributed by atoms with Gasteiger partial charge in [0.05, 0.1) is 30.4 Å². The fraction of sp³-hybridized carbons (Fsp3) is 0.571. The number of nitrogens with one attached hydrogen (secondary N) is 1. The quantitative estimate of drug-likeness (QED) is 0.662. The lowest BCUT2D eigenvalue weighted by molar-refractivity contribution is -0.146. The fourth-order valence-corrected chi connectivity index (χ4v) is 4.51. The van der Waals surface area contributed by atoms with Crippen molar-refractivity contribution in [1.29, 1.82) is 0 Å². The van der Waals surface area contributed by atoms with Crippen LogP contribution in [-0.4, -0.2) is 72.5 Å². The zero-order valence-electron chi connectivity index (χ0n) is 17.4. The molecule has 1 fully saturated rings. The molecule has 0 bridgehead atoms. The number of rotatable bonds is 8. The van der Waals surface area contributed by atoms with E-state index < -0.39 is 6.04 Å². The number of benzene rings is 1. The molecule has 0 spiro atoms. The highest BCUT2D eigenvalue weighted by Crippen LogP contribution is 2.23. The van der Waals surface area contributed by atoms with Gasteiger partial charge >= 0.3 is 5.97 Å². The molecule has 1 N–H and O–H groups in total. The first-order valence-corrected chi connectivity index (χ1v) is 11.0. The van der Waals surface area contributed by atoms with Crippen LogP contribution >= 0.6 is 11.3 Å². The second-order valence-electron chi connectivity index (χ2n) is 7.58. The number of amides is 1. The monoisotopic (exact) mass is 418 g/mol. The van der Waals surface area contributed by atoms with Gasteiger partial charge < -0.3 is 10.1 Å². The average molecular weight is 419 g/mol. The van der Waals surface area contributed by atoms with Crippen molar-refractivity contribution in [3.05, 3.63) is 29.3 Å². The summed E-state index contributed by atoms with van der Waals surface area (Å²) >= 11 is 1.74. The molecular formula is C21H30N4O3S. The Hall–Kier alpha value is -2.03. The highest BCUT2D eigenvalue weighted by molar-refractivity contribution is 7.18. The largest absolute Gasteiger partial charge is 0.467 e. The lowest BCUT2D eigenvalue weighted by atomic mass is 9.99. The maximum absolute atomic E-state index is 12.5. The number of hydrogen-bond donors (Lipinski definition) is 1. The van der Waals surface area contributed by atoms with Gasteiger partial charge in [-0.1, -0.05) is 32.4 Å². The Bertz CT molecular complexity index is 799. The number of aromatic nitrogens is 1. The lowest BCUT2D eigenvalue weighted by Gasteiger charge is -2.34. The summed E-state index contributed by atoms with van der Waals surface area (Å²) in [5, 5.41) is 3.99. The lowest BCUT2D eigenvalue weighted by Crippen LogP contribution is -2.52. The van der Waals surface area contributed by atoms with E-state index in [9.17, 15) is 9.59 Å². The van der Waals surface area contributed by atoms with Crippen LogP contribution in [0.1, 0.15) is 25.3 Å². The summed E-state index contributed by atoms with van der Waals surface area (Å²) in [6.45, 7) is 8.54. The highest BCUT2D eigenvalue weighted by atomic mass is 32.1. The standard InChI is InChI=1S/C21H30N4O3S/c1-4-15(2)20(21(27)28-3)23-18(26)13-24-9-11-25(12-10-24)14-19-22-16-7-5-6-8-17(16)29-19/h5-8,15,20H,4,9-14H2,1-3H3,(H,23,26). The zero-order chi connectivity index (χ0) is 20.8. The molecule has 0 saturated carbocycles. The highest BCUT2D eigenvalue weighted by Gasteiger charge is 2.28. The summed E-state index contributed by atoms with van der Waals surface area (Å²) in [6.07, 6.45) is 0.796. The van der Waals surface area contributed by atoms with E-state index in [1.165, 1.54) is 11.8 Å².